The average molecular weight is 362 g/mol. The van der Waals surface area contributed by atoms with Crippen molar-refractivity contribution in [1.29, 1.82) is 0 Å². The number of amides is 2. The molecule has 6 nitrogen and oxygen atoms in total. The molecule has 26 heavy (non-hydrogen) atoms. The summed E-state index contributed by atoms with van der Waals surface area (Å²) in [7, 11) is 0. The molecule has 1 N–H and O–H groups in total. The number of nitrogens with zero attached hydrogens (tertiary/aromatic N) is 3. The van der Waals surface area contributed by atoms with Gasteiger partial charge in [0.2, 0.25) is 11.7 Å². The molecule has 2 heterocycles. The first-order valence-corrected chi connectivity index (χ1v) is 8.98. The lowest BCUT2D eigenvalue weighted by Crippen LogP contribution is -2.43. The highest BCUT2D eigenvalue weighted by Gasteiger charge is 2.35. The fourth-order valence-electron chi connectivity index (χ4n) is 3.74. The zero-order chi connectivity index (χ0) is 18.1. The first kappa shape index (κ1) is 16.9. The minimum atomic E-state index is -0.750. The molecular weight excluding hydrogens is 342 g/mol. The van der Waals surface area contributed by atoms with E-state index in [1.165, 1.54) is 6.07 Å². The molecule has 2 fully saturated rings. The van der Waals surface area contributed by atoms with Crippen LogP contribution in [0.2, 0.25) is 0 Å². The number of carbonyl (C=O) groups excluding carboxylic acids is 1. The fraction of sp³-hybridized carbons (Fsp3) is 0.500. The van der Waals surface area contributed by atoms with Crippen LogP contribution in [0, 0.1) is 11.6 Å². The molecule has 1 atom stereocenters. The molecule has 0 spiro atoms. The van der Waals surface area contributed by atoms with Crippen LogP contribution in [0.1, 0.15) is 50.5 Å². The van der Waals surface area contributed by atoms with Crippen molar-refractivity contribution >= 4 is 6.03 Å². The Morgan fingerprint density at radius 3 is 2.77 bits per heavy atom. The summed E-state index contributed by atoms with van der Waals surface area (Å²) in [6, 6.07) is 3.00. The van der Waals surface area contributed by atoms with Crippen LogP contribution < -0.4 is 5.32 Å². The molecule has 138 valence electrons. The van der Waals surface area contributed by atoms with Gasteiger partial charge in [0.15, 0.2) is 0 Å². The van der Waals surface area contributed by atoms with E-state index in [2.05, 4.69) is 15.5 Å². The van der Waals surface area contributed by atoms with Crippen LogP contribution in [-0.2, 0) is 0 Å². The number of aromatic nitrogens is 2. The molecule has 1 aromatic heterocycles. The topological polar surface area (TPSA) is 71.3 Å². The number of halogens is 2. The second kappa shape index (κ2) is 7.01. The molecule has 1 saturated heterocycles. The van der Waals surface area contributed by atoms with E-state index in [0.717, 1.165) is 44.2 Å². The second-order valence-electron chi connectivity index (χ2n) is 6.86. The quantitative estimate of drug-likeness (QED) is 0.901. The summed E-state index contributed by atoms with van der Waals surface area (Å²) >= 11 is 0. The molecule has 1 aliphatic carbocycles. The van der Waals surface area contributed by atoms with E-state index >= 15 is 0 Å². The number of rotatable bonds is 3. The Balaban J connectivity index is 1.51. The summed E-state index contributed by atoms with van der Waals surface area (Å²) in [5, 5.41) is 6.88. The van der Waals surface area contributed by atoms with E-state index in [4.69, 9.17) is 4.52 Å². The number of hydrogen-bond donors (Lipinski definition) is 1. The van der Waals surface area contributed by atoms with E-state index in [1.54, 1.807) is 4.90 Å². The summed E-state index contributed by atoms with van der Waals surface area (Å²) in [6.07, 6.45) is 5.86. The molecule has 1 aliphatic heterocycles. The number of urea groups is 1. The molecule has 2 amide bonds. The van der Waals surface area contributed by atoms with Crippen LogP contribution in [0.15, 0.2) is 22.7 Å². The summed E-state index contributed by atoms with van der Waals surface area (Å²) in [5.41, 5.74) is 0.0707. The van der Waals surface area contributed by atoms with Crippen molar-refractivity contribution in [3.8, 4) is 11.4 Å². The SMILES string of the molecule is O=C(NC1CCCC1)N1CCC[C@H]1c1nc(-c2ccc(F)cc2F)no1. The maximum Gasteiger partial charge on any atom is 0.318 e. The van der Waals surface area contributed by atoms with Crippen LogP contribution in [0.5, 0.6) is 0 Å². The summed E-state index contributed by atoms with van der Waals surface area (Å²) in [5.74, 6) is -1.08. The van der Waals surface area contributed by atoms with E-state index in [0.29, 0.717) is 13.0 Å². The van der Waals surface area contributed by atoms with Crippen molar-refractivity contribution in [3.63, 3.8) is 0 Å². The van der Waals surface area contributed by atoms with Gasteiger partial charge < -0.3 is 14.7 Å². The highest BCUT2D eigenvalue weighted by molar-refractivity contribution is 5.75. The Hall–Kier alpha value is -2.51. The van der Waals surface area contributed by atoms with Crippen molar-refractivity contribution in [2.24, 2.45) is 0 Å². The van der Waals surface area contributed by atoms with Gasteiger partial charge in [0.05, 0.1) is 5.56 Å². The third-order valence-corrected chi connectivity index (χ3v) is 5.10. The van der Waals surface area contributed by atoms with Crippen LogP contribution in [0.25, 0.3) is 11.4 Å². The Morgan fingerprint density at radius 1 is 1.19 bits per heavy atom. The predicted octanol–water partition coefficient (Wildman–Crippen LogP) is 3.80. The molecule has 0 unspecified atom stereocenters. The van der Waals surface area contributed by atoms with E-state index in [1.807, 2.05) is 0 Å². The number of hydrogen-bond acceptors (Lipinski definition) is 4. The number of likely N-dealkylation sites (tertiary alicyclic amines) is 1. The third kappa shape index (κ3) is 3.27. The predicted molar refractivity (Wildman–Crippen MR) is 89.1 cm³/mol. The van der Waals surface area contributed by atoms with Gasteiger partial charge in [0.25, 0.3) is 0 Å². The van der Waals surface area contributed by atoms with Crippen molar-refractivity contribution in [2.75, 3.05) is 6.54 Å². The standard InChI is InChI=1S/C18H20F2N4O2/c19-11-7-8-13(14(20)10-11)16-22-17(26-23-16)15-6-3-9-24(15)18(25)21-12-4-1-2-5-12/h7-8,10,12,15H,1-6,9H2,(H,21,25)/t15-/m0/s1. The van der Waals surface area contributed by atoms with E-state index < -0.39 is 11.6 Å². The van der Waals surface area contributed by atoms with Gasteiger partial charge in [-0.15, -0.1) is 0 Å². The maximum atomic E-state index is 13.9. The normalized spacial score (nSPS) is 20.7. The van der Waals surface area contributed by atoms with Crippen molar-refractivity contribution in [3.05, 3.63) is 35.7 Å². The second-order valence-corrected chi connectivity index (χ2v) is 6.86. The zero-order valence-corrected chi connectivity index (χ0v) is 14.3. The lowest BCUT2D eigenvalue weighted by atomic mass is 10.2. The molecule has 2 aromatic rings. The summed E-state index contributed by atoms with van der Waals surface area (Å²) in [4.78, 5) is 18.5. The molecular formula is C18H20F2N4O2. The van der Waals surface area contributed by atoms with Crippen LogP contribution in [0.3, 0.4) is 0 Å². The monoisotopic (exact) mass is 362 g/mol. The number of carbonyl (C=O) groups is 1. The van der Waals surface area contributed by atoms with Crippen LogP contribution in [0.4, 0.5) is 13.6 Å². The van der Waals surface area contributed by atoms with E-state index in [-0.39, 0.29) is 35.4 Å². The van der Waals surface area contributed by atoms with Gasteiger partial charge in [-0.3, -0.25) is 0 Å². The van der Waals surface area contributed by atoms with Gasteiger partial charge in [0.1, 0.15) is 17.7 Å². The smallest absolute Gasteiger partial charge is 0.318 e. The Morgan fingerprint density at radius 2 is 2.00 bits per heavy atom. The molecule has 2 aliphatic rings. The molecule has 1 aromatic carbocycles. The number of benzene rings is 1. The highest BCUT2D eigenvalue weighted by atomic mass is 19.1. The third-order valence-electron chi connectivity index (χ3n) is 5.10. The molecule has 0 radical (unpaired) electrons. The molecule has 1 saturated carbocycles. The molecule has 4 rings (SSSR count). The van der Waals surface area contributed by atoms with Gasteiger partial charge >= 0.3 is 6.03 Å². The lowest BCUT2D eigenvalue weighted by Gasteiger charge is -2.24. The first-order valence-electron chi connectivity index (χ1n) is 8.98. The van der Waals surface area contributed by atoms with E-state index in [9.17, 15) is 13.6 Å². The minimum Gasteiger partial charge on any atom is -0.337 e. The van der Waals surface area contributed by atoms with Gasteiger partial charge in [0, 0.05) is 18.7 Å². The highest BCUT2D eigenvalue weighted by Crippen LogP contribution is 2.33. The van der Waals surface area contributed by atoms with Gasteiger partial charge in [-0.05, 0) is 37.8 Å². The van der Waals surface area contributed by atoms with Gasteiger partial charge in [-0.2, -0.15) is 4.98 Å². The summed E-state index contributed by atoms with van der Waals surface area (Å²) < 4.78 is 32.3. The maximum absolute atomic E-state index is 13.9. The first-order chi connectivity index (χ1) is 12.6. The zero-order valence-electron chi connectivity index (χ0n) is 14.3. The van der Waals surface area contributed by atoms with Crippen LogP contribution >= 0.6 is 0 Å². The Kier molecular flexibility index (Phi) is 4.57. The molecule has 8 heteroatoms. The van der Waals surface area contributed by atoms with Crippen molar-refractivity contribution in [2.45, 2.75) is 50.6 Å². The largest absolute Gasteiger partial charge is 0.337 e. The van der Waals surface area contributed by atoms with Gasteiger partial charge in [-0.1, -0.05) is 18.0 Å². The Bertz CT molecular complexity index is 804. The van der Waals surface area contributed by atoms with Gasteiger partial charge in [-0.25, -0.2) is 13.6 Å². The number of nitrogens with one attached hydrogen (secondary N) is 1. The van der Waals surface area contributed by atoms with Crippen molar-refractivity contribution < 1.29 is 18.1 Å². The summed E-state index contributed by atoms with van der Waals surface area (Å²) in [6.45, 7) is 0.617. The minimum absolute atomic E-state index is 0.0561. The fourth-order valence-corrected chi connectivity index (χ4v) is 3.74. The van der Waals surface area contributed by atoms with Crippen molar-refractivity contribution in [1.82, 2.24) is 20.4 Å². The average Bonchev–Trinajstić information content (AvgIpc) is 3.35. The van der Waals surface area contributed by atoms with Crippen LogP contribution in [-0.4, -0.2) is 33.7 Å². The lowest BCUT2D eigenvalue weighted by molar-refractivity contribution is 0.177. The Labute approximate surface area is 149 Å². The molecule has 0 bridgehead atoms.